The monoisotopic (exact) mass is 419 g/mol. The molecular weight excluding hydrogens is 405 g/mol. The minimum Gasteiger partial charge on any atom is -0.305 e. The van der Waals surface area contributed by atoms with Gasteiger partial charge in [-0.1, -0.05) is 34.5 Å². The van der Waals surface area contributed by atoms with Gasteiger partial charge in [-0.25, -0.2) is 0 Å². The van der Waals surface area contributed by atoms with Gasteiger partial charge in [-0.2, -0.15) is 5.10 Å². The van der Waals surface area contributed by atoms with Crippen LogP contribution in [0.5, 0.6) is 0 Å². The van der Waals surface area contributed by atoms with Gasteiger partial charge in [-0.3, -0.25) is 4.68 Å². The van der Waals surface area contributed by atoms with Gasteiger partial charge in [0, 0.05) is 16.5 Å². The molecule has 2 aromatic rings. The van der Waals surface area contributed by atoms with E-state index in [0.29, 0.717) is 0 Å². The van der Waals surface area contributed by atoms with Crippen LogP contribution in [0.3, 0.4) is 0 Å². The molecule has 6 heteroatoms. The van der Waals surface area contributed by atoms with Crippen molar-refractivity contribution in [3.05, 3.63) is 49.6 Å². The molecule has 108 valence electrons. The Morgan fingerprint density at radius 1 is 1.35 bits per heavy atom. The topological polar surface area (TPSA) is 29.9 Å². The lowest BCUT2D eigenvalue weighted by molar-refractivity contribution is 0.552. The normalized spacial score (nSPS) is 12.7. The molecule has 1 N–H and O–H groups in total. The van der Waals surface area contributed by atoms with Gasteiger partial charge in [0.15, 0.2) is 0 Å². The number of hydrogen-bond acceptors (Lipinski definition) is 2. The Balaban J connectivity index is 2.47. The summed E-state index contributed by atoms with van der Waals surface area (Å²) >= 11 is 13.3. The van der Waals surface area contributed by atoms with E-state index >= 15 is 0 Å². The maximum atomic E-state index is 6.18. The third-order valence-electron chi connectivity index (χ3n) is 3.03. The summed E-state index contributed by atoms with van der Waals surface area (Å²) in [6.45, 7) is 3.07. The van der Waals surface area contributed by atoms with Crippen LogP contribution >= 0.6 is 43.5 Å². The zero-order chi connectivity index (χ0) is 14.7. The van der Waals surface area contributed by atoms with Crippen molar-refractivity contribution in [3.63, 3.8) is 0 Å². The first kappa shape index (κ1) is 16.0. The van der Waals surface area contributed by atoms with Crippen LogP contribution < -0.4 is 5.32 Å². The van der Waals surface area contributed by atoms with Crippen molar-refractivity contribution in [1.82, 2.24) is 15.1 Å². The molecule has 0 saturated heterocycles. The first-order valence-electron chi connectivity index (χ1n) is 6.39. The first-order chi connectivity index (χ1) is 9.52. The molecule has 0 radical (unpaired) electrons. The standard InChI is InChI=1S/C14H16Br2ClN3/c1-3-4-18-13(14-12(16)8-19-20(14)2)9-5-10(15)7-11(17)6-9/h5-8,13,18H,3-4H2,1-2H3. The molecule has 0 saturated carbocycles. The lowest BCUT2D eigenvalue weighted by atomic mass is 10.0. The molecule has 1 atom stereocenters. The molecule has 2 rings (SSSR count). The van der Waals surface area contributed by atoms with E-state index in [1.807, 2.05) is 30.1 Å². The molecule has 0 bridgehead atoms. The average Bonchev–Trinajstić information content (AvgIpc) is 2.70. The van der Waals surface area contributed by atoms with Crippen molar-refractivity contribution >= 4 is 43.5 Å². The Labute approximate surface area is 141 Å². The number of aromatic nitrogens is 2. The molecule has 0 aliphatic rings. The molecule has 1 aromatic carbocycles. The largest absolute Gasteiger partial charge is 0.305 e. The second-order valence-electron chi connectivity index (χ2n) is 4.59. The van der Waals surface area contributed by atoms with Gasteiger partial charge in [-0.05, 0) is 52.7 Å². The number of benzene rings is 1. The highest BCUT2D eigenvalue weighted by atomic mass is 79.9. The van der Waals surface area contributed by atoms with Gasteiger partial charge in [0.25, 0.3) is 0 Å². The third kappa shape index (κ3) is 3.64. The van der Waals surface area contributed by atoms with Gasteiger partial charge >= 0.3 is 0 Å². The lowest BCUT2D eigenvalue weighted by Crippen LogP contribution is -2.25. The third-order valence-corrected chi connectivity index (χ3v) is 4.31. The van der Waals surface area contributed by atoms with E-state index in [1.54, 1.807) is 0 Å². The summed E-state index contributed by atoms with van der Waals surface area (Å²) in [6.07, 6.45) is 2.88. The Kier molecular flexibility index (Phi) is 5.66. The van der Waals surface area contributed by atoms with Crippen LogP contribution in [-0.2, 0) is 7.05 Å². The molecule has 3 nitrogen and oxygen atoms in total. The number of nitrogens with one attached hydrogen (secondary N) is 1. The molecule has 1 aromatic heterocycles. The van der Waals surface area contributed by atoms with Crippen LogP contribution in [-0.4, -0.2) is 16.3 Å². The minimum atomic E-state index is 0.0480. The molecule has 1 heterocycles. The number of nitrogens with zero attached hydrogens (tertiary/aromatic N) is 2. The van der Waals surface area contributed by atoms with Gasteiger partial charge in [0.2, 0.25) is 0 Å². The van der Waals surface area contributed by atoms with Crippen molar-refractivity contribution < 1.29 is 0 Å². The quantitative estimate of drug-likeness (QED) is 0.759. The Morgan fingerprint density at radius 3 is 2.65 bits per heavy atom. The van der Waals surface area contributed by atoms with E-state index in [-0.39, 0.29) is 6.04 Å². The minimum absolute atomic E-state index is 0.0480. The summed E-state index contributed by atoms with van der Waals surface area (Å²) in [7, 11) is 1.94. The number of halogens is 3. The second-order valence-corrected chi connectivity index (χ2v) is 6.80. The molecule has 0 aliphatic heterocycles. The summed E-state index contributed by atoms with van der Waals surface area (Å²) in [4.78, 5) is 0. The summed E-state index contributed by atoms with van der Waals surface area (Å²) in [5.74, 6) is 0. The van der Waals surface area contributed by atoms with Gasteiger partial charge in [0.1, 0.15) is 0 Å². The van der Waals surface area contributed by atoms with E-state index in [9.17, 15) is 0 Å². The zero-order valence-electron chi connectivity index (χ0n) is 11.3. The summed E-state index contributed by atoms with van der Waals surface area (Å²) in [5.41, 5.74) is 2.20. The fraction of sp³-hybridized carbons (Fsp3) is 0.357. The van der Waals surface area contributed by atoms with Crippen LogP contribution in [0.2, 0.25) is 5.02 Å². The van der Waals surface area contributed by atoms with Gasteiger partial charge < -0.3 is 5.32 Å². The molecule has 0 amide bonds. The highest BCUT2D eigenvalue weighted by molar-refractivity contribution is 9.10. The van der Waals surface area contributed by atoms with Crippen molar-refractivity contribution in [1.29, 1.82) is 0 Å². The van der Waals surface area contributed by atoms with Crippen LogP contribution in [0, 0.1) is 0 Å². The van der Waals surface area contributed by atoms with Gasteiger partial charge in [-0.15, -0.1) is 0 Å². The maximum absolute atomic E-state index is 6.18. The Morgan fingerprint density at radius 2 is 2.10 bits per heavy atom. The Bertz CT molecular complexity index is 558. The lowest BCUT2D eigenvalue weighted by Gasteiger charge is -2.20. The molecular formula is C14H16Br2ClN3. The van der Waals surface area contributed by atoms with E-state index in [1.165, 1.54) is 0 Å². The second kappa shape index (κ2) is 7.07. The predicted molar refractivity (Wildman–Crippen MR) is 90.2 cm³/mol. The fourth-order valence-corrected chi connectivity index (χ4v) is 3.61. The van der Waals surface area contributed by atoms with Crippen molar-refractivity contribution in [2.24, 2.45) is 7.05 Å². The van der Waals surface area contributed by atoms with Crippen molar-refractivity contribution in [3.8, 4) is 0 Å². The number of rotatable bonds is 5. The molecule has 0 spiro atoms. The van der Waals surface area contributed by atoms with E-state index in [2.05, 4.69) is 55.3 Å². The summed E-state index contributed by atoms with van der Waals surface area (Å²) in [6, 6.07) is 6.00. The fourth-order valence-electron chi connectivity index (χ4n) is 2.15. The number of aryl methyl sites for hydroxylation is 1. The SMILES string of the molecule is CCCNC(c1cc(Cl)cc(Br)c1)c1c(Br)cnn1C. The van der Waals surface area contributed by atoms with Crippen LogP contribution in [0.1, 0.15) is 30.6 Å². The zero-order valence-corrected chi connectivity index (χ0v) is 15.3. The van der Waals surface area contributed by atoms with E-state index in [4.69, 9.17) is 11.6 Å². The molecule has 0 fully saturated rings. The molecule has 0 aliphatic carbocycles. The first-order valence-corrected chi connectivity index (χ1v) is 8.36. The highest BCUT2D eigenvalue weighted by Gasteiger charge is 2.21. The van der Waals surface area contributed by atoms with Crippen LogP contribution in [0.15, 0.2) is 33.3 Å². The maximum Gasteiger partial charge on any atom is 0.0760 e. The number of hydrogen-bond donors (Lipinski definition) is 1. The van der Waals surface area contributed by atoms with E-state index < -0.39 is 0 Å². The smallest absolute Gasteiger partial charge is 0.0760 e. The highest BCUT2D eigenvalue weighted by Crippen LogP contribution is 2.31. The summed E-state index contributed by atoms with van der Waals surface area (Å²) < 4.78 is 3.85. The summed E-state index contributed by atoms with van der Waals surface area (Å²) in [5, 5.41) is 8.57. The predicted octanol–water partition coefficient (Wildman–Crippen LogP) is 4.69. The van der Waals surface area contributed by atoms with Crippen molar-refractivity contribution in [2.75, 3.05) is 6.54 Å². The molecule has 20 heavy (non-hydrogen) atoms. The van der Waals surface area contributed by atoms with Crippen molar-refractivity contribution in [2.45, 2.75) is 19.4 Å². The van der Waals surface area contributed by atoms with Gasteiger partial charge in [0.05, 0.1) is 22.4 Å². The Hall–Kier alpha value is -0.360. The van der Waals surface area contributed by atoms with E-state index in [0.717, 1.165) is 38.2 Å². The van der Waals surface area contributed by atoms with Crippen LogP contribution in [0.25, 0.3) is 0 Å². The average molecular weight is 422 g/mol. The molecule has 1 unspecified atom stereocenters. The van der Waals surface area contributed by atoms with Crippen LogP contribution in [0.4, 0.5) is 0 Å².